The van der Waals surface area contributed by atoms with Crippen molar-refractivity contribution in [2.45, 2.75) is 11.2 Å². The molecule has 0 N–H and O–H groups in total. The van der Waals surface area contributed by atoms with Gasteiger partial charge in [0.1, 0.15) is 11.2 Å². The number of carbonyl (C=O) groups excluding carboxylic acids is 3. The Kier molecular flexibility index (Phi) is 28.0. The van der Waals surface area contributed by atoms with E-state index in [2.05, 4.69) is 95.6 Å². The Hall–Kier alpha value is 2.16. The zero-order valence-corrected chi connectivity index (χ0v) is 21.3. The number of hydrogen-bond donors (Lipinski definition) is 0. The van der Waals surface area contributed by atoms with Gasteiger partial charge >= 0.3 is 25.8 Å². The second-order valence-corrected chi connectivity index (χ2v) is 11.0. The van der Waals surface area contributed by atoms with Crippen LogP contribution in [0, 0.1) is 0 Å². The van der Waals surface area contributed by atoms with Gasteiger partial charge in [-0.1, -0.05) is 95.6 Å². The third kappa shape index (κ3) is 33.2. The Labute approximate surface area is 178 Å². The van der Waals surface area contributed by atoms with Crippen molar-refractivity contribution in [1.82, 2.24) is 0 Å². The fraction of sp³-hybridized carbons (Fsp3) is 0.500. The molecule has 0 unspecified atom stereocenters. The Morgan fingerprint density at radius 2 is 0.632 bits per heavy atom. The van der Waals surface area contributed by atoms with Gasteiger partial charge in [-0.15, -0.1) is 0 Å². The van der Waals surface area contributed by atoms with Gasteiger partial charge in [-0.05, 0) is 0 Å². The van der Waals surface area contributed by atoms with E-state index in [1.54, 1.807) is 0 Å². The average Bonchev–Trinajstić information content (AvgIpc) is 2.18. The largest absolute Gasteiger partial charge is 3.00 e. The molecule has 0 atom stereocenters. The Bertz CT molecular complexity index is 230. The third-order valence-corrected chi connectivity index (χ3v) is 2.78. The number of carboxylic acid groups (broad SMARTS) is 3. The van der Waals surface area contributed by atoms with Crippen LogP contribution in [0.25, 0.3) is 0 Å². The van der Waals surface area contributed by atoms with E-state index < -0.39 is 29.1 Å². The van der Waals surface area contributed by atoms with E-state index in [1.165, 1.54) is 0 Å². The smallest absolute Gasteiger partial charge is 0.548 e. The van der Waals surface area contributed by atoms with Crippen molar-refractivity contribution in [1.29, 1.82) is 0 Å². The normalized spacial score (nSPS) is 8.68. The van der Waals surface area contributed by atoms with Gasteiger partial charge in [0.25, 0.3) is 0 Å². The summed E-state index contributed by atoms with van der Waals surface area (Å²) in [5.41, 5.74) is 0. The summed E-state index contributed by atoms with van der Waals surface area (Å²) in [7, 11) is 0. The van der Waals surface area contributed by atoms with Crippen molar-refractivity contribution < 1.29 is 29.7 Å². The summed E-state index contributed by atoms with van der Waals surface area (Å²) in [6.07, 6.45) is 0. The van der Waals surface area contributed by atoms with E-state index >= 15 is 0 Å². The topological polar surface area (TPSA) is 120 Å². The van der Waals surface area contributed by atoms with Crippen LogP contribution < -0.4 is 15.3 Å². The zero-order valence-electron chi connectivity index (χ0n) is 8.53. The van der Waals surface area contributed by atoms with Gasteiger partial charge in [0.05, 0.1) is 17.9 Å². The fourth-order valence-electron chi connectivity index (χ4n) is 0. The number of halogens is 6. The van der Waals surface area contributed by atoms with Gasteiger partial charge in [0.15, 0.2) is 0 Å². The van der Waals surface area contributed by atoms with Crippen molar-refractivity contribution in [3.63, 3.8) is 0 Å². The molecule has 13 heteroatoms. The standard InChI is InChI=1S/3C2H2Br2O2.In/c3*3-1(4)2(5)6;/h3*1H,(H,5,6);/q;;;+3/p-3. The van der Waals surface area contributed by atoms with Gasteiger partial charge in [0, 0.05) is 0 Å². The zero-order chi connectivity index (χ0) is 15.5. The first-order valence-corrected chi connectivity index (χ1v) is 8.89. The maximum Gasteiger partial charge on any atom is 3.00 e. The number of rotatable bonds is 3. The molecule has 0 amide bonds. The molecule has 0 aliphatic rings. The minimum Gasteiger partial charge on any atom is -0.548 e. The first-order valence-electron chi connectivity index (χ1n) is 3.40. The van der Waals surface area contributed by atoms with Crippen LogP contribution in [0.3, 0.4) is 0 Å². The molecule has 0 fully saturated rings. The van der Waals surface area contributed by atoms with Crippen LogP contribution in [-0.2, 0) is 14.4 Å². The molecule has 6 nitrogen and oxygen atoms in total. The van der Waals surface area contributed by atoms with Crippen molar-refractivity contribution in [2.75, 3.05) is 0 Å². The van der Waals surface area contributed by atoms with Gasteiger partial charge in [-0.25, -0.2) is 0 Å². The first-order chi connectivity index (χ1) is 7.93. The Balaban J connectivity index is -0.0000000865. The van der Waals surface area contributed by atoms with Crippen LogP contribution in [0.4, 0.5) is 0 Å². The fourth-order valence-corrected chi connectivity index (χ4v) is 0. The summed E-state index contributed by atoms with van der Waals surface area (Å²) >= 11 is 16.2. The summed E-state index contributed by atoms with van der Waals surface area (Å²) in [6, 6.07) is 0. The number of carboxylic acids is 3. The molecule has 0 aromatic rings. The van der Waals surface area contributed by atoms with E-state index in [0.29, 0.717) is 0 Å². The molecule has 0 rings (SSSR count). The van der Waals surface area contributed by atoms with Crippen molar-refractivity contribution in [2.24, 2.45) is 0 Å². The predicted molar refractivity (Wildman–Crippen MR) is 85.7 cm³/mol. The molecule has 0 spiro atoms. The van der Waals surface area contributed by atoms with Crippen LogP contribution in [0.1, 0.15) is 0 Å². The van der Waals surface area contributed by atoms with E-state index in [-0.39, 0.29) is 25.8 Å². The molecule has 0 aliphatic carbocycles. The monoisotopic (exact) mass is 759 g/mol. The molecule has 0 saturated heterocycles. The summed E-state index contributed by atoms with van der Waals surface area (Å²) in [5, 5.41) is 28.5. The quantitative estimate of drug-likeness (QED) is 0.347. The second kappa shape index (κ2) is 18.2. The minimum atomic E-state index is -1.16. The summed E-state index contributed by atoms with van der Waals surface area (Å²) in [6.45, 7) is 0. The molecule has 108 valence electrons. The molecule has 0 aromatic heterocycles. The Morgan fingerprint density at radius 3 is 0.632 bits per heavy atom. The van der Waals surface area contributed by atoms with Crippen LogP contribution in [0.15, 0.2) is 0 Å². The summed E-state index contributed by atoms with van der Waals surface area (Å²) in [5.74, 6) is -3.47. The maximum atomic E-state index is 9.49. The molecule has 0 heterocycles. The second-order valence-electron chi connectivity index (χ2n) is 1.86. The first kappa shape index (κ1) is 29.2. The molecule has 0 bridgehead atoms. The SMILES string of the molecule is O=C([O-])C(Br)Br.O=C([O-])C(Br)Br.O=C([O-])C(Br)Br.[In+3]. The number of carbonyl (C=O) groups is 3. The Morgan fingerprint density at radius 1 is 0.579 bits per heavy atom. The number of hydrogen-bond acceptors (Lipinski definition) is 6. The molecule has 0 aromatic carbocycles. The average molecular weight is 765 g/mol. The maximum absolute atomic E-state index is 9.49. The predicted octanol–water partition coefficient (Wildman–Crippen LogP) is -0.824. The van der Waals surface area contributed by atoms with Gasteiger partial charge in [-0.3, -0.25) is 0 Å². The van der Waals surface area contributed by atoms with Gasteiger partial charge in [0.2, 0.25) is 0 Å². The van der Waals surface area contributed by atoms with E-state index in [0.717, 1.165) is 0 Å². The van der Waals surface area contributed by atoms with Crippen molar-refractivity contribution in [3.8, 4) is 0 Å². The van der Waals surface area contributed by atoms with Gasteiger partial charge in [-0.2, -0.15) is 0 Å². The van der Waals surface area contributed by atoms with Crippen LogP contribution in [0.5, 0.6) is 0 Å². The van der Waals surface area contributed by atoms with E-state index in [9.17, 15) is 29.7 Å². The van der Waals surface area contributed by atoms with E-state index in [1.807, 2.05) is 0 Å². The minimum absolute atomic E-state index is 0. The number of alkyl halides is 6. The van der Waals surface area contributed by atoms with E-state index in [4.69, 9.17) is 0 Å². The van der Waals surface area contributed by atoms with Gasteiger partial charge < -0.3 is 29.7 Å². The summed E-state index contributed by atoms with van der Waals surface area (Å²) in [4.78, 5) is 28.5. The number of aliphatic carboxylic acids is 3. The van der Waals surface area contributed by atoms with Crippen LogP contribution in [0.2, 0.25) is 0 Å². The molecular formula is C6H3Br6InO6. The molecule has 19 heavy (non-hydrogen) atoms. The van der Waals surface area contributed by atoms with Crippen LogP contribution in [-0.4, -0.2) is 55.0 Å². The van der Waals surface area contributed by atoms with Crippen molar-refractivity contribution in [3.05, 3.63) is 0 Å². The molecule has 0 radical (unpaired) electrons. The molecule has 0 saturated carbocycles. The van der Waals surface area contributed by atoms with Crippen molar-refractivity contribution >= 4 is 139 Å². The molecule has 0 aliphatic heterocycles. The summed E-state index contributed by atoms with van der Waals surface area (Å²) < 4.78 is -2.15. The molecular weight excluding hydrogens is 762 g/mol. The third-order valence-electron chi connectivity index (χ3n) is 0.535. The van der Waals surface area contributed by atoms with Crippen LogP contribution >= 0.6 is 95.6 Å².